The van der Waals surface area contributed by atoms with Gasteiger partial charge in [-0.1, -0.05) is 0 Å². The van der Waals surface area contributed by atoms with E-state index >= 15 is 0 Å². The minimum Gasteiger partial charge on any atom is -0.464 e. The highest BCUT2D eigenvalue weighted by atomic mass is 32.2. The summed E-state index contributed by atoms with van der Waals surface area (Å²) in [6, 6.07) is 5.64. The lowest BCUT2D eigenvalue weighted by Gasteiger charge is -2.03. The Kier molecular flexibility index (Phi) is 3.63. The number of carbonyl (C=O) groups is 1. The summed E-state index contributed by atoms with van der Waals surface area (Å²) in [6.45, 7) is 4.20. The second-order valence-corrected chi connectivity index (χ2v) is 6.02. The van der Waals surface area contributed by atoms with E-state index < -0.39 is 6.04 Å². The molecule has 0 saturated carbocycles. The van der Waals surface area contributed by atoms with Gasteiger partial charge in [-0.15, -0.1) is 11.8 Å². The van der Waals surface area contributed by atoms with Gasteiger partial charge in [-0.25, -0.2) is 4.79 Å². The number of nitrogen functional groups attached to an aromatic ring is 1. The molecule has 1 aliphatic rings. The number of esters is 1. The van der Waals surface area contributed by atoms with E-state index in [1.807, 2.05) is 19.1 Å². The first-order valence-corrected chi connectivity index (χ1v) is 7.83. The van der Waals surface area contributed by atoms with E-state index in [0.29, 0.717) is 12.4 Å². The number of aliphatic imine (C=N–C) groups is 1. The minimum absolute atomic E-state index is 0.258. The summed E-state index contributed by atoms with van der Waals surface area (Å²) < 4.78 is 5.01. The molecule has 2 aromatic rings. The van der Waals surface area contributed by atoms with Crippen molar-refractivity contribution in [1.29, 1.82) is 0 Å². The van der Waals surface area contributed by atoms with Crippen LogP contribution >= 0.6 is 11.8 Å². The lowest BCUT2D eigenvalue weighted by molar-refractivity contribution is -0.143. The van der Waals surface area contributed by atoms with Gasteiger partial charge in [0.1, 0.15) is 5.04 Å². The largest absolute Gasteiger partial charge is 0.464 e. The van der Waals surface area contributed by atoms with Crippen LogP contribution < -0.4 is 5.73 Å². The summed E-state index contributed by atoms with van der Waals surface area (Å²) in [4.78, 5) is 19.5. The van der Waals surface area contributed by atoms with E-state index in [-0.39, 0.29) is 5.97 Å². The summed E-state index contributed by atoms with van der Waals surface area (Å²) in [6.07, 6.45) is 0. The standard InChI is InChI=1S/C15H17N3O2S/c1-3-20-15(19)12-7-21-14(18-12)11-6-9-4-8(2)5-10(16)13(9)17-11/h4-6,12,17H,3,7,16H2,1-2H3. The zero-order chi connectivity index (χ0) is 15.0. The van der Waals surface area contributed by atoms with Crippen LogP contribution in [0.25, 0.3) is 10.9 Å². The molecule has 0 aliphatic carbocycles. The van der Waals surface area contributed by atoms with Crippen molar-refractivity contribution < 1.29 is 9.53 Å². The molecule has 1 aromatic carbocycles. The number of hydrogen-bond donors (Lipinski definition) is 2. The maximum Gasteiger partial charge on any atom is 0.331 e. The maximum absolute atomic E-state index is 11.7. The molecular formula is C15H17N3O2S. The van der Waals surface area contributed by atoms with E-state index in [9.17, 15) is 4.79 Å². The summed E-state index contributed by atoms with van der Waals surface area (Å²) >= 11 is 1.56. The Morgan fingerprint density at radius 1 is 1.52 bits per heavy atom. The number of H-pyrrole nitrogens is 1. The van der Waals surface area contributed by atoms with Crippen molar-refractivity contribution in [2.75, 3.05) is 18.1 Å². The SMILES string of the molecule is CCOC(=O)C1CSC(c2cc3cc(C)cc(N)c3[nH]2)=N1. The number of anilines is 1. The maximum atomic E-state index is 11.7. The van der Waals surface area contributed by atoms with Crippen LogP contribution in [0.4, 0.5) is 5.69 Å². The molecule has 1 aromatic heterocycles. The van der Waals surface area contributed by atoms with Crippen molar-refractivity contribution in [3.8, 4) is 0 Å². The molecule has 1 aliphatic heterocycles. The lowest BCUT2D eigenvalue weighted by atomic mass is 10.1. The third kappa shape index (κ3) is 2.63. The summed E-state index contributed by atoms with van der Waals surface area (Å²) in [5.74, 6) is 0.365. The number of rotatable bonds is 3. The van der Waals surface area contributed by atoms with Crippen LogP contribution in [0.3, 0.4) is 0 Å². The van der Waals surface area contributed by atoms with Gasteiger partial charge in [-0.3, -0.25) is 4.99 Å². The number of thioether (sulfide) groups is 1. The summed E-state index contributed by atoms with van der Waals surface area (Å²) in [5, 5.41) is 1.90. The molecule has 21 heavy (non-hydrogen) atoms. The Bertz CT molecular complexity index is 736. The third-order valence-electron chi connectivity index (χ3n) is 3.34. The van der Waals surface area contributed by atoms with Gasteiger partial charge >= 0.3 is 5.97 Å². The highest BCUT2D eigenvalue weighted by Crippen LogP contribution is 2.29. The van der Waals surface area contributed by atoms with Crippen molar-refractivity contribution in [3.63, 3.8) is 0 Å². The first kappa shape index (κ1) is 14.0. The Hall–Kier alpha value is -1.95. The van der Waals surface area contributed by atoms with Crippen molar-refractivity contribution in [2.45, 2.75) is 19.9 Å². The predicted octanol–water partition coefficient (Wildman–Crippen LogP) is 2.48. The highest BCUT2D eigenvalue weighted by Gasteiger charge is 2.27. The molecule has 0 fully saturated rings. The molecule has 0 radical (unpaired) electrons. The molecule has 0 saturated heterocycles. The average molecular weight is 303 g/mol. The Balaban J connectivity index is 1.93. The van der Waals surface area contributed by atoms with E-state index in [4.69, 9.17) is 10.5 Å². The molecule has 1 unspecified atom stereocenters. The summed E-state index contributed by atoms with van der Waals surface area (Å²) in [7, 11) is 0. The fourth-order valence-corrected chi connectivity index (χ4v) is 3.42. The number of fused-ring (bicyclic) bond motifs is 1. The quantitative estimate of drug-likeness (QED) is 0.674. The fraction of sp³-hybridized carbons (Fsp3) is 0.333. The van der Waals surface area contributed by atoms with Crippen LogP contribution in [-0.4, -0.2) is 34.4 Å². The van der Waals surface area contributed by atoms with E-state index in [1.54, 1.807) is 18.7 Å². The van der Waals surface area contributed by atoms with Gasteiger partial charge in [0.05, 0.1) is 23.5 Å². The van der Waals surface area contributed by atoms with Crippen LogP contribution in [0.1, 0.15) is 18.2 Å². The molecule has 0 bridgehead atoms. The normalized spacial score (nSPS) is 18.0. The molecule has 6 heteroatoms. The van der Waals surface area contributed by atoms with Crippen LogP contribution in [-0.2, 0) is 9.53 Å². The average Bonchev–Trinajstić information content (AvgIpc) is 3.04. The van der Waals surface area contributed by atoms with Crippen molar-refractivity contribution in [3.05, 3.63) is 29.5 Å². The van der Waals surface area contributed by atoms with Gasteiger partial charge in [-0.2, -0.15) is 0 Å². The summed E-state index contributed by atoms with van der Waals surface area (Å²) in [5.41, 5.74) is 9.69. The number of aromatic nitrogens is 1. The van der Waals surface area contributed by atoms with Crippen molar-refractivity contribution >= 4 is 39.4 Å². The molecule has 3 N–H and O–H groups in total. The van der Waals surface area contributed by atoms with E-state index in [1.165, 1.54) is 0 Å². The molecule has 1 atom stereocenters. The number of aryl methyl sites for hydroxylation is 1. The number of nitrogens with one attached hydrogen (secondary N) is 1. The van der Waals surface area contributed by atoms with Gasteiger partial charge in [0.15, 0.2) is 6.04 Å². The number of nitrogens with two attached hydrogens (primary N) is 1. The van der Waals surface area contributed by atoms with E-state index in [0.717, 1.165) is 32.9 Å². The Morgan fingerprint density at radius 2 is 2.33 bits per heavy atom. The molecule has 0 spiro atoms. The fourth-order valence-electron chi connectivity index (χ4n) is 2.42. The molecule has 0 amide bonds. The van der Waals surface area contributed by atoms with Crippen LogP contribution in [0, 0.1) is 6.92 Å². The number of hydrogen-bond acceptors (Lipinski definition) is 5. The molecule has 3 rings (SSSR count). The van der Waals surface area contributed by atoms with E-state index in [2.05, 4.69) is 16.0 Å². The number of carbonyl (C=O) groups excluding carboxylic acids is 1. The number of ether oxygens (including phenoxy) is 1. The molecule has 110 valence electrons. The lowest BCUT2D eigenvalue weighted by Crippen LogP contribution is -2.21. The second-order valence-electron chi connectivity index (χ2n) is 5.01. The second kappa shape index (κ2) is 5.44. The highest BCUT2D eigenvalue weighted by molar-refractivity contribution is 8.14. The predicted molar refractivity (Wildman–Crippen MR) is 86.9 cm³/mol. The monoisotopic (exact) mass is 303 g/mol. The molecule has 2 heterocycles. The Morgan fingerprint density at radius 3 is 3.10 bits per heavy atom. The van der Waals surface area contributed by atoms with Crippen LogP contribution in [0.5, 0.6) is 0 Å². The van der Waals surface area contributed by atoms with Gasteiger partial charge in [-0.05, 0) is 37.6 Å². The van der Waals surface area contributed by atoms with Crippen LogP contribution in [0.15, 0.2) is 23.2 Å². The minimum atomic E-state index is -0.407. The molecule has 5 nitrogen and oxygen atoms in total. The van der Waals surface area contributed by atoms with Gasteiger partial charge in [0.25, 0.3) is 0 Å². The Labute approximate surface area is 127 Å². The van der Waals surface area contributed by atoms with Gasteiger partial charge in [0.2, 0.25) is 0 Å². The van der Waals surface area contributed by atoms with Crippen LogP contribution in [0.2, 0.25) is 0 Å². The van der Waals surface area contributed by atoms with Crippen molar-refractivity contribution in [2.24, 2.45) is 4.99 Å². The van der Waals surface area contributed by atoms with Crippen molar-refractivity contribution in [1.82, 2.24) is 4.98 Å². The third-order valence-corrected chi connectivity index (χ3v) is 4.42. The topological polar surface area (TPSA) is 80.5 Å². The number of nitrogens with zero attached hydrogens (tertiary/aromatic N) is 1. The number of aromatic amines is 1. The first-order valence-electron chi connectivity index (χ1n) is 6.85. The first-order chi connectivity index (χ1) is 10.1. The smallest absolute Gasteiger partial charge is 0.331 e. The zero-order valence-electron chi connectivity index (χ0n) is 12.0. The number of benzene rings is 1. The van der Waals surface area contributed by atoms with Gasteiger partial charge < -0.3 is 15.5 Å². The molecular weight excluding hydrogens is 286 g/mol. The zero-order valence-corrected chi connectivity index (χ0v) is 12.8. The van der Waals surface area contributed by atoms with Gasteiger partial charge in [0, 0.05) is 11.1 Å².